The van der Waals surface area contributed by atoms with Crippen LogP contribution in [-0.2, 0) is 11.2 Å². The number of nitriles is 3. The number of allylic oxidation sites excluding steroid dienone is 2. The van der Waals surface area contributed by atoms with Crippen LogP contribution < -0.4 is 10.6 Å². The smallest absolute Gasteiger partial charge is 0.224 e. The van der Waals surface area contributed by atoms with E-state index in [1.807, 2.05) is 30.3 Å². The molecule has 2 aromatic rings. The summed E-state index contributed by atoms with van der Waals surface area (Å²) >= 11 is 0. The molecule has 6 nitrogen and oxygen atoms in total. The molecule has 0 heterocycles. The fourth-order valence-corrected chi connectivity index (χ4v) is 2.19. The van der Waals surface area contributed by atoms with Crippen molar-refractivity contribution in [3.8, 4) is 18.2 Å². The monoisotopic (exact) mass is 341 g/mol. The fraction of sp³-hybridized carbons (Fsp3) is 0.100. The van der Waals surface area contributed by atoms with Gasteiger partial charge in [-0.2, -0.15) is 15.8 Å². The van der Waals surface area contributed by atoms with Crippen LogP contribution in [0.4, 0.5) is 11.4 Å². The number of benzene rings is 2. The number of amides is 1. The number of aryl methyl sites for hydroxylation is 1. The molecule has 1 amide bonds. The molecule has 2 rings (SSSR count). The van der Waals surface area contributed by atoms with Crippen LogP contribution in [0.5, 0.6) is 0 Å². The van der Waals surface area contributed by atoms with Crippen LogP contribution in [0.2, 0.25) is 0 Å². The first-order valence-electron chi connectivity index (χ1n) is 7.81. The molecule has 0 aromatic heterocycles. The lowest BCUT2D eigenvalue weighted by Crippen LogP contribution is -2.12. The fourth-order valence-electron chi connectivity index (χ4n) is 2.19. The van der Waals surface area contributed by atoms with E-state index in [4.69, 9.17) is 15.8 Å². The standard InChI is InChI=1S/C20H15N5O/c21-12-16(13-22)19(14-23)24-17-7-9-18(10-8-17)25-20(26)11-6-15-4-2-1-3-5-15/h1-5,7-10,24H,6,11H2,(H,25,26). The van der Waals surface area contributed by atoms with Crippen LogP contribution in [0.15, 0.2) is 65.9 Å². The van der Waals surface area contributed by atoms with E-state index in [-0.39, 0.29) is 17.2 Å². The number of anilines is 2. The minimum atomic E-state index is -0.286. The van der Waals surface area contributed by atoms with Gasteiger partial charge in [0.1, 0.15) is 23.9 Å². The molecule has 0 atom stereocenters. The molecule has 2 aromatic carbocycles. The lowest BCUT2D eigenvalue weighted by atomic mass is 10.1. The molecule has 0 aliphatic rings. The number of hydrogen-bond donors (Lipinski definition) is 2. The zero-order valence-corrected chi connectivity index (χ0v) is 13.9. The number of nitrogens with zero attached hydrogens (tertiary/aromatic N) is 3. The van der Waals surface area contributed by atoms with Crippen LogP contribution in [0.3, 0.4) is 0 Å². The Morgan fingerprint density at radius 2 is 1.38 bits per heavy atom. The average molecular weight is 341 g/mol. The van der Waals surface area contributed by atoms with Crippen molar-refractivity contribution in [1.82, 2.24) is 0 Å². The van der Waals surface area contributed by atoms with Crippen molar-refractivity contribution in [1.29, 1.82) is 15.8 Å². The molecule has 2 N–H and O–H groups in total. The maximum Gasteiger partial charge on any atom is 0.224 e. The van der Waals surface area contributed by atoms with E-state index >= 15 is 0 Å². The highest BCUT2D eigenvalue weighted by molar-refractivity contribution is 5.91. The van der Waals surface area contributed by atoms with E-state index in [2.05, 4.69) is 10.6 Å². The van der Waals surface area contributed by atoms with Crippen LogP contribution in [0.25, 0.3) is 0 Å². The van der Waals surface area contributed by atoms with Gasteiger partial charge in [0.05, 0.1) is 0 Å². The number of nitrogens with one attached hydrogen (secondary N) is 2. The summed E-state index contributed by atoms with van der Waals surface area (Å²) in [5.74, 6) is -0.0941. The zero-order valence-electron chi connectivity index (χ0n) is 13.9. The lowest BCUT2D eigenvalue weighted by Gasteiger charge is -2.08. The Morgan fingerprint density at radius 1 is 0.808 bits per heavy atom. The van der Waals surface area contributed by atoms with E-state index in [1.54, 1.807) is 42.5 Å². The minimum Gasteiger partial charge on any atom is -0.345 e. The Labute approximate surface area is 151 Å². The number of carbonyl (C=O) groups excluding carboxylic acids is 1. The van der Waals surface area contributed by atoms with Crippen LogP contribution >= 0.6 is 0 Å². The average Bonchev–Trinajstić information content (AvgIpc) is 2.68. The summed E-state index contributed by atoms with van der Waals surface area (Å²) in [4.78, 5) is 12.0. The van der Waals surface area contributed by atoms with Gasteiger partial charge >= 0.3 is 0 Å². The second-order valence-electron chi connectivity index (χ2n) is 5.32. The lowest BCUT2D eigenvalue weighted by molar-refractivity contribution is -0.116. The molecule has 0 bridgehead atoms. The van der Waals surface area contributed by atoms with Gasteiger partial charge in [0.15, 0.2) is 5.57 Å². The summed E-state index contributed by atoms with van der Waals surface area (Å²) in [6, 6.07) is 21.5. The van der Waals surface area contributed by atoms with Crippen molar-refractivity contribution in [3.05, 3.63) is 71.4 Å². The molecule has 0 saturated carbocycles. The van der Waals surface area contributed by atoms with Gasteiger partial charge in [0.25, 0.3) is 0 Å². The SMILES string of the molecule is N#CC(C#N)=C(C#N)Nc1ccc(NC(=O)CCc2ccccc2)cc1. The molecule has 26 heavy (non-hydrogen) atoms. The van der Waals surface area contributed by atoms with Crippen molar-refractivity contribution >= 4 is 17.3 Å². The van der Waals surface area contributed by atoms with Gasteiger partial charge in [-0.05, 0) is 36.2 Å². The molecule has 0 radical (unpaired) electrons. The molecule has 0 aliphatic carbocycles. The summed E-state index contributed by atoms with van der Waals surface area (Å²) in [5.41, 5.74) is 1.85. The van der Waals surface area contributed by atoms with Crippen LogP contribution in [0.1, 0.15) is 12.0 Å². The maximum absolute atomic E-state index is 12.0. The molecule has 0 spiro atoms. The van der Waals surface area contributed by atoms with Gasteiger partial charge in [0, 0.05) is 17.8 Å². The first-order valence-corrected chi connectivity index (χ1v) is 7.81. The topological polar surface area (TPSA) is 112 Å². The molecule has 6 heteroatoms. The molecule has 0 unspecified atom stereocenters. The number of carbonyl (C=O) groups is 1. The summed E-state index contributed by atoms with van der Waals surface area (Å²) in [5, 5.41) is 32.2. The molecule has 0 aliphatic heterocycles. The zero-order chi connectivity index (χ0) is 18.8. The summed E-state index contributed by atoms with van der Waals surface area (Å²) in [6.07, 6.45) is 1.03. The van der Waals surface area contributed by atoms with E-state index in [9.17, 15) is 4.79 Å². The molecular weight excluding hydrogens is 326 g/mol. The quantitative estimate of drug-likeness (QED) is 0.781. The highest BCUT2D eigenvalue weighted by atomic mass is 16.1. The van der Waals surface area contributed by atoms with Gasteiger partial charge in [-0.3, -0.25) is 4.79 Å². The predicted molar refractivity (Wildman–Crippen MR) is 97.3 cm³/mol. The van der Waals surface area contributed by atoms with Gasteiger partial charge in [-0.15, -0.1) is 0 Å². The van der Waals surface area contributed by atoms with Crippen molar-refractivity contribution in [2.45, 2.75) is 12.8 Å². The highest BCUT2D eigenvalue weighted by Crippen LogP contribution is 2.17. The second-order valence-corrected chi connectivity index (χ2v) is 5.32. The Hall–Kier alpha value is -4.08. The van der Waals surface area contributed by atoms with Crippen molar-refractivity contribution in [3.63, 3.8) is 0 Å². The number of hydrogen-bond acceptors (Lipinski definition) is 5. The van der Waals surface area contributed by atoms with Gasteiger partial charge in [-0.25, -0.2) is 0 Å². The first kappa shape index (κ1) is 18.3. The molecular formula is C20H15N5O. The Morgan fingerprint density at radius 3 is 1.92 bits per heavy atom. The van der Waals surface area contributed by atoms with Crippen molar-refractivity contribution in [2.75, 3.05) is 10.6 Å². The Bertz CT molecular complexity index is 909. The number of rotatable bonds is 6. The summed E-state index contributed by atoms with van der Waals surface area (Å²) in [6.45, 7) is 0. The van der Waals surface area contributed by atoms with E-state index in [0.29, 0.717) is 24.2 Å². The minimum absolute atomic E-state index is 0.0941. The Kier molecular flexibility index (Phi) is 6.51. The largest absolute Gasteiger partial charge is 0.345 e. The predicted octanol–water partition coefficient (Wildman–Crippen LogP) is 3.49. The van der Waals surface area contributed by atoms with Crippen LogP contribution in [-0.4, -0.2) is 5.91 Å². The summed E-state index contributed by atoms with van der Waals surface area (Å²) in [7, 11) is 0. The molecule has 0 fully saturated rings. The Balaban J connectivity index is 1.94. The normalized spacial score (nSPS) is 9.12. The van der Waals surface area contributed by atoms with E-state index < -0.39 is 0 Å². The van der Waals surface area contributed by atoms with Gasteiger partial charge in [0.2, 0.25) is 5.91 Å². The third-order valence-corrected chi connectivity index (χ3v) is 3.51. The molecule has 126 valence electrons. The third kappa shape index (κ3) is 5.23. The van der Waals surface area contributed by atoms with Gasteiger partial charge in [-0.1, -0.05) is 30.3 Å². The first-order chi connectivity index (χ1) is 12.7. The summed E-state index contributed by atoms with van der Waals surface area (Å²) < 4.78 is 0. The third-order valence-electron chi connectivity index (χ3n) is 3.51. The van der Waals surface area contributed by atoms with Crippen LogP contribution in [0, 0.1) is 34.0 Å². The van der Waals surface area contributed by atoms with Crippen molar-refractivity contribution in [2.24, 2.45) is 0 Å². The van der Waals surface area contributed by atoms with Gasteiger partial charge < -0.3 is 10.6 Å². The van der Waals surface area contributed by atoms with E-state index in [0.717, 1.165) is 5.56 Å². The molecule has 0 saturated heterocycles. The highest BCUT2D eigenvalue weighted by Gasteiger charge is 2.07. The van der Waals surface area contributed by atoms with E-state index in [1.165, 1.54) is 0 Å². The second kappa shape index (κ2) is 9.27. The maximum atomic E-state index is 12.0. The van der Waals surface area contributed by atoms with Crippen molar-refractivity contribution < 1.29 is 4.79 Å².